The maximum absolute atomic E-state index is 11.1. The summed E-state index contributed by atoms with van der Waals surface area (Å²) in [6.45, 7) is 12.3. The number of benzene rings is 1. The molecule has 2 rings (SSSR count). The van der Waals surface area contributed by atoms with Crippen molar-refractivity contribution >= 4 is 0 Å². The van der Waals surface area contributed by atoms with Gasteiger partial charge in [-0.15, -0.1) is 0 Å². The van der Waals surface area contributed by atoms with Gasteiger partial charge >= 0.3 is 0 Å². The quantitative estimate of drug-likeness (QED) is 0.757. The number of hydrogen-bond acceptors (Lipinski definition) is 2. The van der Waals surface area contributed by atoms with Crippen molar-refractivity contribution in [3.05, 3.63) is 35.4 Å². The van der Waals surface area contributed by atoms with Crippen LogP contribution in [0.2, 0.25) is 0 Å². The van der Waals surface area contributed by atoms with Crippen molar-refractivity contribution in [2.24, 2.45) is 5.41 Å². The highest BCUT2D eigenvalue weighted by Crippen LogP contribution is 2.52. The highest BCUT2D eigenvalue weighted by atomic mass is 16.6. The Labute approximate surface area is 110 Å². The lowest BCUT2D eigenvalue weighted by Gasteiger charge is -2.52. The van der Waals surface area contributed by atoms with Crippen molar-refractivity contribution in [1.29, 1.82) is 0 Å². The first-order valence-corrected chi connectivity index (χ1v) is 6.61. The fourth-order valence-corrected chi connectivity index (χ4v) is 2.64. The van der Waals surface area contributed by atoms with Crippen LogP contribution in [0.1, 0.15) is 58.6 Å². The standard InChI is InChI=1S/C16H24O2/c1-11-12-9-7-8-10-13(12)16(17,14(2,3)4)18-15(11,5)6/h7-11,17H,1-6H3. The fraction of sp³-hybridized carbons (Fsp3) is 0.625. The predicted molar refractivity (Wildman–Crippen MR) is 73.4 cm³/mol. The molecule has 0 aliphatic carbocycles. The van der Waals surface area contributed by atoms with Crippen molar-refractivity contribution in [1.82, 2.24) is 0 Å². The van der Waals surface area contributed by atoms with Gasteiger partial charge in [-0.2, -0.15) is 0 Å². The summed E-state index contributed by atoms with van der Waals surface area (Å²) in [7, 11) is 0. The summed E-state index contributed by atoms with van der Waals surface area (Å²) in [5.74, 6) is -0.976. The molecular weight excluding hydrogens is 224 g/mol. The maximum atomic E-state index is 11.1. The number of ether oxygens (including phenoxy) is 1. The summed E-state index contributed by atoms with van der Waals surface area (Å²) >= 11 is 0. The number of aliphatic hydroxyl groups is 1. The Balaban J connectivity index is 2.69. The lowest BCUT2D eigenvalue weighted by molar-refractivity contribution is -0.327. The summed E-state index contributed by atoms with van der Waals surface area (Å²) in [5, 5.41) is 11.1. The molecule has 0 spiro atoms. The average molecular weight is 248 g/mol. The Kier molecular flexibility index (Phi) is 2.88. The SMILES string of the molecule is CC1c2ccccc2C(O)(C(C)(C)C)OC1(C)C. The third-order valence-corrected chi connectivity index (χ3v) is 4.26. The molecule has 0 radical (unpaired) electrons. The second-order valence-corrected chi connectivity index (χ2v) is 6.91. The van der Waals surface area contributed by atoms with Crippen molar-refractivity contribution in [2.45, 2.75) is 58.8 Å². The highest BCUT2D eigenvalue weighted by molar-refractivity contribution is 5.38. The minimum atomic E-state index is -1.24. The minimum Gasteiger partial charge on any atom is -0.361 e. The van der Waals surface area contributed by atoms with E-state index in [0.717, 1.165) is 5.56 Å². The van der Waals surface area contributed by atoms with Gasteiger partial charge in [0.15, 0.2) is 5.79 Å². The molecule has 1 aromatic rings. The van der Waals surface area contributed by atoms with Crippen LogP contribution in [0.25, 0.3) is 0 Å². The first-order valence-electron chi connectivity index (χ1n) is 6.61. The van der Waals surface area contributed by atoms with Gasteiger partial charge in [-0.05, 0) is 19.4 Å². The molecule has 0 amide bonds. The normalized spacial score (nSPS) is 30.9. The zero-order chi connectivity index (χ0) is 13.8. The van der Waals surface area contributed by atoms with E-state index in [1.807, 2.05) is 52.8 Å². The average Bonchev–Trinajstić information content (AvgIpc) is 2.24. The van der Waals surface area contributed by atoms with Crippen LogP contribution in [-0.2, 0) is 10.5 Å². The molecule has 1 aliphatic rings. The first kappa shape index (κ1) is 13.6. The van der Waals surface area contributed by atoms with E-state index in [2.05, 4.69) is 13.0 Å². The van der Waals surface area contributed by atoms with Gasteiger partial charge in [0.05, 0.1) is 5.60 Å². The number of hydrogen-bond donors (Lipinski definition) is 1. The Morgan fingerprint density at radius 1 is 1.17 bits per heavy atom. The van der Waals surface area contributed by atoms with Crippen LogP contribution in [0.3, 0.4) is 0 Å². The summed E-state index contributed by atoms with van der Waals surface area (Å²) in [4.78, 5) is 0. The third-order valence-electron chi connectivity index (χ3n) is 4.26. The topological polar surface area (TPSA) is 29.5 Å². The fourth-order valence-electron chi connectivity index (χ4n) is 2.64. The molecule has 2 atom stereocenters. The molecule has 100 valence electrons. The van der Waals surface area contributed by atoms with E-state index in [1.165, 1.54) is 5.56 Å². The minimum absolute atomic E-state index is 0.260. The second-order valence-electron chi connectivity index (χ2n) is 6.91. The van der Waals surface area contributed by atoms with E-state index < -0.39 is 5.79 Å². The van der Waals surface area contributed by atoms with Crippen LogP contribution in [0.4, 0.5) is 0 Å². The summed E-state index contributed by atoms with van der Waals surface area (Å²) in [6, 6.07) is 8.07. The van der Waals surface area contributed by atoms with Gasteiger partial charge in [0, 0.05) is 16.9 Å². The van der Waals surface area contributed by atoms with Crippen LogP contribution >= 0.6 is 0 Å². The Morgan fingerprint density at radius 3 is 2.28 bits per heavy atom. The van der Waals surface area contributed by atoms with Crippen LogP contribution in [0, 0.1) is 5.41 Å². The van der Waals surface area contributed by atoms with Crippen LogP contribution in [-0.4, -0.2) is 10.7 Å². The Hall–Kier alpha value is -0.860. The molecule has 0 saturated carbocycles. The van der Waals surface area contributed by atoms with E-state index in [0.29, 0.717) is 0 Å². The molecule has 0 fully saturated rings. The van der Waals surface area contributed by atoms with Crippen LogP contribution in [0.15, 0.2) is 24.3 Å². The lowest BCUT2D eigenvalue weighted by atomic mass is 9.71. The molecule has 0 saturated heterocycles. The summed E-state index contributed by atoms with van der Waals surface area (Å²) in [5.41, 5.74) is 1.34. The Morgan fingerprint density at radius 2 is 1.72 bits per heavy atom. The Bertz CT molecular complexity index is 456. The maximum Gasteiger partial charge on any atom is 0.198 e. The van der Waals surface area contributed by atoms with Crippen LogP contribution < -0.4 is 0 Å². The van der Waals surface area contributed by atoms with Crippen molar-refractivity contribution in [2.75, 3.05) is 0 Å². The van der Waals surface area contributed by atoms with Gasteiger partial charge in [-0.25, -0.2) is 0 Å². The molecule has 1 heterocycles. The molecule has 2 nitrogen and oxygen atoms in total. The molecular formula is C16H24O2. The first-order chi connectivity index (χ1) is 8.09. The van der Waals surface area contributed by atoms with E-state index in [1.54, 1.807) is 0 Å². The van der Waals surface area contributed by atoms with Gasteiger partial charge in [-0.1, -0.05) is 52.0 Å². The summed E-state index contributed by atoms with van der Waals surface area (Å²) < 4.78 is 6.12. The molecule has 2 unspecified atom stereocenters. The van der Waals surface area contributed by atoms with Crippen molar-refractivity contribution in [3.63, 3.8) is 0 Å². The largest absolute Gasteiger partial charge is 0.361 e. The molecule has 0 bridgehead atoms. The van der Waals surface area contributed by atoms with Gasteiger partial charge in [0.1, 0.15) is 0 Å². The molecule has 18 heavy (non-hydrogen) atoms. The molecule has 1 aromatic carbocycles. The molecule has 2 heteroatoms. The third kappa shape index (κ3) is 1.79. The van der Waals surface area contributed by atoms with Gasteiger partial charge in [0.2, 0.25) is 0 Å². The monoisotopic (exact) mass is 248 g/mol. The molecule has 0 aromatic heterocycles. The highest BCUT2D eigenvalue weighted by Gasteiger charge is 2.53. The predicted octanol–water partition coefficient (Wildman–Crippen LogP) is 3.79. The van der Waals surface area contributed by atoms with Gasteiger partial charge in [0.25, 0.3) is 0 Å². The van der Waals surface area contributed by atoms with E-state index in [4.69, 9.17) is 4.74 Å². The molecule has 1 N–H and O–H groups in total. The smallest absolute Gasteiger partial charge is 0.198 e. The van der Waals surface area contributed by atoms with E-state index >= 15 is 0 Å². The van der Waals surface area contributed by atoms with Crippen molar-refractivity contribution < 1.29 is 9.84 Å². The van der Waals surface area contributed by atoms with E-state index in [-0.39, 0.29) is 16.9 Å². The zero-order valence-electron chi connectivity index (χ0n) is 12.2. The van der Waals surface area contributed by atoms with Gasteiger partial charge in [-0.3, -0.25) is 0 Å². The lowest BCUT2D eigenvalue weighted by Crippen LogP contribution is -2.53. The zero-order valence-corrected chi connectivity index (χ0v) is 12.2. The number of fused-ring (bicyclic) bond motifs is 1. The van der Waals surface area contributed by atoms with Gasteiger partial charge < -0.3 is 9.84 Å². The van der Waals surface area contributed by atoms with Crippen LogP contribution in [0.5, 0.6) is 0 Å². The summed E-state index contributed by atoms with van der Waals surface area (Å²) in [6.07, 6.45) is 0. The number of rotatable bonds is 0. The second kappa shape index (κ2) is 3.82. The van der Waals surface area contributed by atoms with Crippen molar-refractivity contribution in [3.8, 4) is 0 Å². The molecule has 1 aliphatic heterocycles. The van der Waals surface area contributed by atoms with E-state index in [9.17, 15) is 5.11 Å².